The molecule has 1 aliphatic heterocycles. The van der Waals surface area contributed by atoms with Gasteiger partial charge in [-0.15, -0.1) is 0 Å². The molecule has 6 nitrogen and oxygen atoms in total. The summed E-state index contributed by atoms with van der Waals surface area (Å²) in [5.74, 6) is 5.92. The molecule has 0 aliphatic carbocycles. The van der Waals surface area contributed by atoms with E-state index in [1.807, 2.05) is 18.2 Å². The number of hydrogen-bond acceptors (Lipinski definition) is 5. The van der Waals surface area contributed by atoms with Crippen molar-refractivity contribution in [2.45, 2.75) is 31.9 Å². The monoisotopic (exact) mass is 338 g/mol. The number of rotatable bonds is 7. The third-order valence-electron chi connectivity index (χ3n) is 3.83. The van der Waals surface area contributed by atoms with Crippen LogP contribution in [0.4, 0.5) is 0 Å². The summed E-state index contributed by atoms with van der Waals surface area (Å²) in [6, 6.07) is 8.06. The van der Waals surface area contributed by atoms with Gasteiger partial charge in [0.25, 0.3) is 0 Å². The van der Waals surface area contributed by atoms with E-state index >= 15 is 0 Å². The fourth-order valence-corrected chi connectivity index (χ4v) is 2.71. The van der Waals surface area contributed by atoms with Crippen LogP contribution < -0.4 is 21.3 Å². The molecular formula is C16H26N4O2S. The summed E-state index contributed by atoms with van der Waals surface area (Å²) >= 11 is 4.84. The standard InChI is InChI=1S/C16H26N4O2S/c17-19-16(23)18-10-14(21)12-22-15-6-4-5-13(9-15)11-20-7-2-1-3-8-20/h4-6,9,14,21H,1-3,7-8,10-12,17H2,(H2,18,19,23). The Morgan fingerprint density at radius 3 is 2.87 bits per heavy atom. The van der Waals surface area contributed by atoms with Crippen LogP contribution in [0.25, 0.3) is 0 Å². The fourth-order valence-electron chi connectivity index (χ4n) is 2.62. The molecule has 1 unspecified atom stereocenters. The maximum absolute atomic E-state index is 9.86. The molecule has 0 saturated carbocycles. The van der Waals surface area contributed by atoms with Crippen LogP contribution in [0.5, 0.6) is 5.75 Å². The quantitative estimate of drug-likeness (QED) is 0.332. The molecule has 5 N–H and O–H groups in total. The molecule has 128 valence electrons. The minimum atomic E-state index is -0.660. The first-order valence-electron chi connectivity index (χ1n) is 8.04. The number of hydrogen-bond donors (Lipinski definition) is 4. The largest absolute Gasteiger partial charge is 0.491 e. The zero-order chi connectivity index (χ0) is 16.5. The van der Waals surface area contributed by atoms with Crippen molar-refractivity contribution in [1.82, 2.24) is 15.6 Å². The van der Waals surface area contributed by atoms with E-state index in [1.54, 1.807) is 0 Å². The Hall–Kier alpha value is -1.41. The molecule has 0 aromatic heterocycles. The smallest absolute Gasteiger partial charge is 0.180 e. The van der Waals surface area contributed by atoms with Crippen molar-refractivity contribution in [3.63, 3.8) is 0 Å². The summed E-state index contributed by atoms with van der Waals surface area (Å²) in [6.07, 6.45) is 3.26. The van der Waals surface area contributed by atoms with Gasteiger partial charge in [-0.1, -0.05) is 18.6 Å². The van der Waals surface area contributed by atoms with Crippen molar-refractivity contribution in [3.8, 4) is 5.75 Å². The summed E-state index contributed by atoms with van der Waals surface area (Å²) in [5.41, 5.74) is 3.55. The highest BCUT2D eigenvalue weighted by molar-refractivity contribution is 7.80. The lowest BCUT2D eigenvalue weighted by Crippen LogP contribution is -2.43. The minimum Gasteiger partial charge on any atom is -0.491 e. The average Bonchev–Trinajstić information content (AvgIpc) is 2.59. The van der Waals surface area contributed by atoms with Gasteiger partial charge < -0.3 is 20.6 Å². The van der Waals surface area contributed by atoms with Crippen molar-refractivity contribution < 1.29 is 9.84 Å². The third kappa shape index (κ3) is 6.70. The second-order valence-electron chi connectivity index (χ2n) is 5.80. The Morgan fingerprint density at radius 1 is 1.35 bits per heavy atom. The molecule has 0 bridgehead atoms. The van der Waals surface area contributed by atoms with Gasteiger partial charge in [0, 0.05) is 13.1 Å². The Kier molecular flexibility index (Phi) is 7.54. The number of aliphatic hydroxyl groups is 1. The number of nitrogens with zero attached hydrogens (tertiary/aromatic N) is 1. The number of thiocarbonyl (C=S) groups is 1. The Bertz CT molecular complexity index is 495. The first kappa shape index (κ1) is 17.9. The Balaban J connectivity index is 1.76. The maximum Gasteiger partial charge on any atom is 0.180 e. The zero-order valence-electron chi connectivity index (χ0n) is 13.3. The van der Waals surface area contributed by atoms with E-state index in [4.69, 9.17) is 22.8 Å². The van der Waals surface area contributed by atoms with Crippen molar-refractivity contribution in [2.75, 3.05) is 26.2 Å². The molecular weight excluding hydrogens is 312 g/mol. The molecule has 1 aromatic rings. The summed E-state index contributed by atoms with van der Waals surface area (Å²) in [6.45, 7) is 3.79. The summed E-state index contributed by atoms with van der Waals surface area (Å²) < 4.78 is 5.66. The number of piperidine rings is 1. The van der Waals surface area contributed by atoms with Crippen LogP contribution >= 0.6 is 12.2 Å². The van der Waals surface area contributed by atoms with E-state index in [0.29, 0.717) is 5.11 Å². The molecule has 1 atom stereocenters. The zero-order valence-corrected chi connectivity index (χ0v) is 14.1. The van der Waals surface area contributed by atoms with Gasteiger partial charge in [-0.2, -0.15) is 0 Å². The van der Waals surface area contributed by atoms with Crippen LogP contribution in [0.2, 0.25) is 0 Å². The van der Waals surface area contributed by atoms with Gasteiger partial charge >= 0.3 is 0 Å². The lowest BCUT2D eigenvalue weighted by atomic mass is 10.1. The molecule has 1 aliphatic rings. The van der Waals surface area contributed by atoms with E-state index < -0.39 is 6.10 Å². The van der Waals surface area contributed by atoms with Crippen LogP contribution in [0.3, 0.4) is 0 Å². The number of benzene rings is 1. The Morgan fingerprint density at radius 2 is 2.13 bits per heavy atom. The van der Waals surface area contributed by atoms with E-state index in [2.05, 4.69) is 21.7 Å². The number of nitrogens with one attached hydrogen (secondary N) is 2. The summed E-state index contributed by atoms with van der Waals surface area (Å²) in [5, 5.41) is 13.0. The van der Waals surface area contributed by atoms with Gasteiger partial charge in [-0.25, -0.2) is 5.84 Å². The molecule has 7 heteroatoms. The molecule has 2 rings (SSSR count). The minimum absolute atomic E-state index is 0.202. The molecule has 0 amide bonds. The van der Waals surface area contributed by atoms with Crippen LogP contribution in [-0.4, -0.2) is 47.5 Å². The topological polar surface area (TPSA) is 82.8 Å². The highest BCUT2D eigenvalue weighted by Gasteiger charge is 2.11. The van der Waals surface area contributed by atoms with Gasteiger partial charge in [0.15, 0.2) is 5.11 Å². The molecule has 0 radical (unpaired) electrons. The molecule has 1 heterocycles. The van der Waals surface area contributed by atoms with Gasteiger partial charge in [0.1, 0.15) is 18.5 Å². The van der Waals surface area contributed by atoms with E-state index in [0.717, 1.165) is 12.3 Å². The Labute approximate surface area is 143 Å². The van der Waals surface area contributed by atoms with E-state index in [-0.39, 0.29) is 13.2 Å². The van der Waals surface area contributed by atoms with Crippen molar-refractivity contribution in [3.05, 3.63) is 29.8 Å². The second-order valence-corrected chi connectivity index (χ2v) is 6.21. The first-order valence-corrected chi connectivity index (χ1v) is 8.45. The van der Waals surface area contributed by atoms with E-state index in [1.165, 1.54) is 37.9 Å². The number of likely N-dealkylation sites (tertiary alicyclic amines) is 1. The first-order chi connectivity index (χ1) is 11.2. The fraction of sp³-hybridized carbons (Fsp3) is 0.562. The van der Waals surface area contributed by atoms with Crippen LogP contribution in [0.15, 0.2) is 24.3 Å². The number of nitrogens with two attached hydrogens (primary N) is 1. The average molecular weight is 338 g/mol. The SMILES string of the molecule is NNC(=S)NCC(O)COc1cccc(CN2CCCCC2)c1. The van der Waals surface area contributed by atoms with Gasteiger partial charge in [-0.05, 0) is 55.8 Å². The van der Waals surface area contributed by atoms with Gasteiger partial charge in [0.05, 0.1) is 0 Å². The number of aliphatic hydroxyl groups excluding tert-OH is 1. The molecule has 1 aromatic carbocycles. The lowest BCUT2D eigenvalue weighted by molar-refractivity contribution is 0.110. The highest BCUT2D eigenvalue weighted by atomic mass is 32.1. The second kappa shape index (κ2) is 9.67. The predicted molar refractivity (Wildman–Crippen MR) is 95.0 cm³/mol. The summed E-state index contributed by atoms with van der Waals surface area (Å²) in [4.78, 5) is 2.47. The number of hydrazine groups is 1. The molecule has 0 spiro atoms. The third-order valence-corrected chi connectivity index (χ3v) is 4.09. The van der Waals surface area contributed by atoms with Crippen molar-refractivity contribution >= 4 is 17.3 Å². The summed E-state index contributed by atoms with van der Waals surface area (Å²) in [7, 11) is 0. The van der Waals surface area contributed by atoms with Gasteiger partial charge in [0.2, 0.25) is 0 Å². The highest BCUT2D eigenvalue weighted by Crippen LogP contribution is 2.17. The van der Waals surface area contributed by atoms with E-state index in [9.17, 15) is 5.11 Å². The number of ether oxygens (including phenoxy) is 1. The van der Waals surface area contributed by atoms with Gasteiger partial charge in [-0.3, -0.25) is 4.90 Å². The normalized spacial score (nSPS) is 16.6. The molecule has 23 heavy (non-hydrogen) atoms. The molecule has 1 saturated heterocycles. The van der Waals surface area contributed by atoms with Crippen molar-refractivity contribution in [1.29, 1.82) is 0 Å². The predicted octanol–water partition coefficient (Wildman–Crippen LogP) is 0.750. The molecule has 1 fully saturated rings. The lowest BCUT2D eigenvalue weighted by Gasteiger charge is -2.26. The van der Waals surface area contributed by atoms with Crippen LogP contribution in [0.1, 0.15) is 24.8 Å². The van der Waals surface area contributed by atoms with Crippen molar-refractivity contribution in [2.24, 2.45) is 5.84 Å². The van der Waals surface area contributed by atoms with Crippen LogP contribution in [0, 0.1) is 0 Å². The van der Waals surface area contributed by atoms with Crippen LogP contribution in [-0.2, 0) is 6.54 Å². The maximum atomic E-state index is 9.86.